The van der Waals surface area contributed by atoms with Crippen LogP contribution >= 0.6 is 15.9 Å². The van der Waals surface area contributed by atoms with Gasteiger partial charge in [-0.3, -0.25) is 0 Å². The Balaban J connectivity index is 3.28. The highest BCUT2D eigenvalue weighted by Gasteiger charge is 2.15. The minimum absolute atomic E-state index is 0.120. The number of benzene rings is 1. The first-order chi connectivity index (χ1) is 7.60. The third-order valence-corrected chi connectivity index (χ3v) is 2.13. The Morgan fingerprint density at radius 3 is 2.75 bits per heavy atom. The molecular formula is C11H11BrO4. The average Bonchev–Trinajstić information content (AvgIpc) is 2.22. The molecule has 4 nitrogen and oxygen atoms in total. The minimum Gasteiger partial charge on any atom is -0.508 e. The van der Waals surface area contributed by atoms with Crippen molar-refractivity contribution < 1.29 is 19.7 Å². The predicted octanol–water partition coefficient (Wildman–Crippen LogP) is 2.64. The van der Waals surface area contributed by atoms with Crippen molar-refractivity contribution in [3.05, 3.63) is 28.2 Å². The first-order valence-electron chi connectivity index (χ1n) is 4.60. The van der Waals surface area contributed by atoms with Crippen molar-refractivity contribution >= 4 is 28.0 Å². The van der Waals surface area contributed by atoms with Crippen LogP contribution in [0.3, 0.4) is 0 Å². The number of hydrogen-bond acceptors (Lipinski definition) is 4. The summed E-state index contributed by atoms with van der Waals surface area (Å²) in [5, 5.41) is 18.9. The first-order valence-corrected chi connectivity index (χ1v) is 5.51. The van der Waals surface area contributed by atoms with Crippen molar-refractivity contribution in [2.24, 2.45) is 0 Å². The van der Waals surface area contributed by atoms with Gasteiger partial charge in [0.1, 0.15) is 11.5 Å². The summed E-state index contributed by atoms with van der Waals surface area (Å²) >= 11 is 3.05. The van der Waals surface area contributed by atoms with Crippen LogP contribution in [0.5, 0.6) is 11.5 Å². The van der Waals surface area contributed by atoms with E-state index in [9.17, 15) is 15.0 Å². The fourth-order valence-corrected chi connectivity index (χ4v) is 1.50. The molecule has 1 aromatic carbocycles. The van der Waals surface area contributed by atoms with Crippen LogP contribution in [-0.4, -0.2) is 22.8 Å². The fraction of sp³-hybridized carbons (Fsp3) is 0.182. The fourth-order valence-electron chi connectivity index (χ4n) is 1.24. The molecule has 1 aromatic rings. The summed E-state index contributed by atoms with van der Waals surface area (Å²) in [6.45, 7) is 1.91. The first kappa shape index (κ1) is 12.6. The molecule has 0 heterocycles. The number of carbonyl (C=O) groups excluding carboxylic acids is 1. The van der Waals surface area contributed by atoms with Crippen molar-refractivity contribution in [2.75, 3.05) is 6.61 Å². The van der Waals surface area contributed by atoms with E-state index in [1.165, 1.54) is 17.1 Å². The largest absolute Gasteiger partial charge is 0.508 e. The lowest BCUT2D eigenvalue weighted by atomic mass is 10.1. The SMILES string of the molecule is CCOC(=O)c1cc(O)cc(O)c1C=CBr. The van der Waals surface area contributed by atoms with Crippen molar-refractivity contribution in [3.8, 4) is 11.5 Å². The maximum atomic E-state index is 11.6. The molecule has 1 rings (SSSR count). The number of hydrogen-bond donors (Lipinski definition) is 2. The van der Waals surface area contributed by atoms with E-state index in [-0.39, 0.29) is 23.7 Å². The van der Waals surface area contributed by atoms with Gasteiger partial charge in [-0.15, -0.1) is 0 Å². The van der Waals surface area contributed by atoms with Crippen LogP contribution in [0.1, 0.15) is 22.8 Å². The van der Waals surface area contributed by atoms with E-state index in [2.05, 4.69) is 15.9 Å². The highest BCUT2D eigenvalue weighted by molar-refractivity contribution is 9.11. The summed E-state index contributed by atoms with van der Waals surface area (Å²) in [5.41, 5.74) is 0.420. The van der Waals surface area contributed by atoms with Crippen molar-refractivity contribution in [1.29, 1.82) is 0 Å². The molecule has 0 unspecified atom stereocenters. The Labute approximate surface area is 101 Å². The normalized spacial score (nSPS) is 10.6. The van der Waals surface area contributed by atoms with E-state index in [1.54, 1.807) is 6.92 Å². The molecule has 0 saturated heterocycles. The van der Waals surface area contributed by atoms with Crippen molar-refractivity contribution in [1.82, 2.24) is 0 Å². The molecule has 0 spiro atoms. The Bertz CT molecular complexity index is 426. The van der Waals surface area contributed by atoms with Gasteiger partial charge in [0.2, 0.25) is 0 Å². The number of rotatable bonds is 3. The maximum Gasteiger partial charge on any atom is 0.339 e. The van der Waals surface area contributed by atoms with Crippen LogP contribution in [-0.2, 0) is 4.74 Å². The molecule has 0 amide bonds. The summed E-state index contributed by atoms with van der Waals surface area (Å²) in [6, 6.07) is 2.41. The number of aromatic hydroxyl groups is 2. The zero-order valence-corrected chi connectivity index (χ0v) is 10.2. The van der Waals surface area contributed by atoms with Crippen LogP contribution in [0.15, 0.2) is 17.1 Å². The average molecular weight is 287 g/mol. The van der Waals surface area contributed by atoms with E-state index >= 15 is 0 Å². The van der Waals surface area contributed by atoms with Gasteiger partial charge < -0.3 is 14.9 Å². The Morgan fingerprint density at radius 2 is 2.19 bits per heavy atom. The molecule has 2 N–H and O–H groups in total. The minimum atomic E-state index is -0.589. The number of phenols is 2. The summed E-state index contributed by atoms with van der Waals surface area (Å²) in [4.78, 5) is 13.1. The van der Waals surface area contributed by atoms with Gasteiger partial charge in [0.05, 0.1) is 12.2 Å². The number of ether oxygens (including phenoxy) is 1. The van der Waals surface area contributed by atoms with E-state index in [0.29, 0.717) is 5.56 Å². The standard InChI is InChI=1S/C11H11BrO4/c1-2-16-11(15)9-5-7(13)6-10(14)8(9)3-4-12/h3-6,13-14H,2H2,1H3. The Hall–Kier alpha value is -1.49. The van der Waals surface area contributed by atoms with Crippen molar-refractivity contribution in [3.63, 3.8) is 0 Å². The van der Waals surface area contributed by atoms with E-state index in [0.717, 1.165) is 6.07 Å². The molecule has 86 valence electrons. The van der Waals surface area contributed by atoms with E-state index < -0.39 is 5.97 Å². The lowest BCUT2D eigenvalue weighted by Gasteiger charge is -2.08. The molecule has 0 bridgehead atoms. The second-order valence-electron chi connectivity index (χ2n) is 2.94. The topological polar surface area (TPSA) is 66.8 Å². The summed E-state index contributed by atoms with van der Waals surface area (Å²) in [6.07, 6.45) is 1.50. The second kappa shape index (κ2) is 5.55. The molecule has 0 aliphatic rings. The molecular weight excluding hydrogens is 276 g/mol. The predicted molar refractivity (Wildman–Crippen MR) is 63.7 cm³/mol. The molecule has 5 heteroatoms. The van der Waals surface area contributed by atoms with Crippen LogP contribution < -0.4 is 0 Å². The molecule has 0 saturated carbocycles. The summed E-state index contributed by atoms with van der Waals surface area (Å²) < 4.78 is 4.81. The monoisotopic (exact) mass is 286 g/mol. The number of phenolic OH excluding ortho intramolecular Hbond substituents is 2. The van der Waals surface area contributed by atoms with Gasteiger partial charge in [0.15, 0.2) is 0 Å². The van der Waals surface area contributed by atoms with Gasteiger partial charge in [-0.2, -0.15) is 0 Å². The smallest absolute Gasteiger partial charge is 0.339 e. The Kier molecular flexibility index (Phi) is 4.37. The van der Waals surface area contributed by atoms with Crippen molar-refractivity contribution in [2.45, 2.75) is 6.92 Å². The molecule has 0 aromatic heterocycles. The quantitative estimate of drug-likeness (QED) is 0.839. The van der Waals surface area contributed by atoms with Gasteiger partial charge >= 0.3 is 5.97 Å². The number of halogens is 1. The van der Waals surface area contributed by atoms with Gasteiger partial charge in [-0.25, -0.2) is 4.79 Å². The molecule has 0 atom stereocenters. The van der Waals surface area contributed by atoms with E-state index in [4.69, 9.17) is 4.74 Å². The van der Waals surface area contributed by atoms with Crippen LogP contribution in [0.2, 0.25) is 0 Å². The van der Waals surface area contributed by atoms with Crippen LogP contribution in [0.4, 0.5) is 0 Å². The molecule has 0 fully saturated rings. The van der Waals surface area contributed by atoms with E-state index in [1.807, 2.05) is 0 Å². The van der Waals surface area contributed by atoms with Gasteiger partial charge in [-0.1, -0.05) is 15.9 Å². The summed E-state index contributed by atoms with van der Waals surface area (Å²) in [5.74, 6) is -0.958. The highest BCUT2D eigenvalue weighted by atomic mass is 79.9. The molecule has 16 heavy (non-hydrogen) atoms. The maximum absolute atomic E-state index is 11.6. The number of carbonyl (C=O) groups is 1. The molecule has 0 aliphatic heterocycles. The Morgan fingerprint density at radius 1 is 1.50 bits per heavy atom. The van der Waals surface area contributed by atoms with Gasteiger partial charge in [0.25, 0.3) is 0 Å². The third-order valence-electron chi connectivity index (χ3n) is 1.87. The van der Waals surface area contributed by atoms with Crippen LogP contribution in [0.25, 0.3) is 6.08 Å². The second-order valence-corrected chi connectivity index (χ2v) is 3.47. The lowest BCUT2D eigenvalue weighted by Crippen LogP contribution is -2.06. The molecule has 0 aliphatic carbocycles. The third kappa shape index (κ3) is 2.76. The highest BCUT2D eigenvalue weighted by Crippen LogP contribution is 2.29. The van der Waals surface area contributed by atoms with Crippen LogP contribution in [0, 0.1) is 0 Å². The van der Waals surface area contributed by atoms with Gasteiger partial charge in [0, 0.05) is 11.6 Å². The summed E-state index contributed by atoms with van der Waals surface area (Å²) in [7, 11) is 0. The zero-order valence-electron chi connectivity index (χ0n) is 8.61. The number of esters is 1. The molecule has 0 radical (unpaired) electrons. The van der Waals surface area contributed by atoms with Gasteiger partial charge in [-0.05, 0) is 24.1 Å². The lowest BCUT2D eigenvalue weighted by molar-refractivity contribution is 0.0525. The zero-order chi connectivity index (χ0) is 12.1.